The molecule has 1 aromatic heterocycles. The fraction of sp³-hybridized carbons (Fsp3) is 0.400. The smallest absolute Gasteiger partial charge is 0.126 e. The van der Waals surface area contributed by atoms with E-state index in [0.29, 0.717) is 10.7 Å². The summed E-state index contributed by atoms with van der Waals surface area (Å²) in [6.45, 7) is 1.81. The van der Waals surface area contributed by atoms with Crippen LogP contribution >= 0.6 is 12.2 Å². The molecule has 4 nitrogen and oxygen atoms in total. The number of rotatable bonds is 5. The Balaban J connectivity index is 2.54. The van der Waals surface area contributed by atoms with Gasteiger partial charge in [-0.05, 0) is 26.2 Å². The van der Waals surface area contributed by atoms with Crippen LogP contribution in [0, 0.1) is 0 Å². The number of nitrogens with zero attached hydrogens (tertiary/aromatic N) is 2. The van der Waals surface area contributed by atoms with Gasteiger partial charge in [0.1, 0.15) is 10.8 Å². The van der Waals surface area contributed by atoms with Crippen LogP contribution in [0.5, 0.6) is 0 Å². The van der Waals surface area contributed by atoms with E-state index in [0.717, 1.165) is 18.9 Å². The molecule has 3 N–H and O–H groups in total. The van der Waals surface area contributed by atoms with Gasteiger partial charge in [0, 0.05) is 13.1 Å². The van der Waals surface area contributed by atoms with E-state index in [9.17, 15) is 0 Å². The van der Waals surface area contributed by atoms with E-state index < -0.39 is 0 Å². The first-order valence-electron chi connectivity index (χ1n) is 4.75. The highest BCUT2D eigenvalue weighted by atomic mass is 32.1. The van der Waals surface area contributed by atoms with Gasteiger partial charge in [-0.25, -0.2) is 4.98 Å². The quantitative estimate of drug-likeness (QED) is 0.721. The highest BCUT2D eigenvalue weighted by Gasteiger charge is 1.99. The fourth-order valence-electron chi connectivity index (χ4n) is 1.08. The lowest BCUT2D eigenvalue weighted by Gasteiger charge is -2.11. The molecule has 0 fully saturated rings. The predicted molar refractivity (Wildman–Crippen MR) is 67.2 cm³/mol. The Hall–Kier alpha value is -1.20. The summed E-state index contributed by atoms with van der Waals surface area (Å²) in [6.07, 6.45) is 0. The van der Waals surface area contributed by atoms with E-state index in [2.05, 4.69) is 15.2 Å². The van der Waals surface area contributed by atoms with Crippen molar-refractivity contribution in [3.63, 3.8) is 0 Å². The number of hydrogen-bond acceptors (Lipinski definition) is 4. The maximum Gasteiger partial charge on any atom is 0.126 e. The minimum absolute atomic E-state index is 0.325. The third-order valence-electron chi connectivity index (χ3n) is 1.87. The first-order valence-corrected chi connectivity index (χ1v) is 5.16. The minimum Gasteiger partial charge on any atom is -0.388 e. The molecule has 1 rings (SSSR count). The Morgan fingerprint density at radius 3 is 2.87 bits per heavy atom. The molecule has 0 bridgehead atoms. The van der Waals surface area contributed by atoms with Crippen molar-refractivity contribution in [3.05, 3.63) is 23.9 Å². The number of hydrogen-bond donors (Lipinski definition) is 2. The zero-order valence-electron chi connectivity index (χ0n) is 9.03. The van der Waals surface area contributed by atoms with Crippen LogP contribution in [0.25, 0.3) is 0 Å². The van der Waals surface area contributed by atoms with Gasteiger partial charge < -0.3 is 16.0 Å². The summed E-state index contributed by atoms with van der Waals surface area (Å²) in [7, 11) is 4.06. The van der Waals surface area contributed by atoms with Crippen LogP contribution in [-0.4, -0.2) is 42.1 Å². The van der Waals surface area contributed by atoms with Crippen molar-refractivity contribution < 1.29 is 0 Å². The van der Waals surface area contributed by atoms with E-state index in [1.807, 2.05) is 26.2 Å². The maximum atomic E-state index is 5.49. The average molecular weight is 224 g/mol. The summed E-state index contributed by atoms with van der Waals surface area (Å²) in [5, 5.41) is 3.20. The number of nitrogens with one attached hydrogen (secondary N) is 1. The Kier molecular flexibility index (Phi) is 4.45. The second kappa shape index (κ2) is 5.63. The monoisotopic (exact) mass is 224 g/mol. The first kappa shape index (κ1) is 11.9. The largest absolute Gasteiger partial charge is 0.388 e. The molecular formula is C10H16N4S. The van der Waals surface area contributed by atoms with Crippen molar-refractivity contribution in [2.45, 2.75) is 0 Å². The molecule has 5 heteroatoms. The van der Waals surface area contributed by atoms with Crippen LogP contribution in [0.3, 0.4) is 0 Å². The molecule has 0 unspecified atom stereocenters. The van der Waals surface area contributed by atoms with Gasteiger partial charge in [0.15, 0.2) is 0 Å². The number of anilines is 1. The molecule has 82 valence electrons. The Bertz CT molecular complexity index is 338. The van der Waals surface area contributed by atoms with Gasteiger partial charge >= 0.3 is 0 Å². The molecule has 15 heavy (non-hydrogen) atoms. The van der Waals surface area contributed by atoms with Crippen LogP contribution in [0.2, 0.25) is 0 Å². The zero-order valence-corrected chi connectivity index (χ0v) is 9.84. The van der Waals surface area contributed by atoms with Crippen LogP contribution in [0.15, 0.2) is 18.2 Å². The van der Waals surface area contributed by atoms with E-state index in [1.165, 1.54) is 0 Å². The molecule has 0 aliphatic carbocycles. The Morgan fingerprint density at radius 2 is 2.27 bits per heavy atom. The van der Waals surface area contributed by atoms with E-state index in [1.54, 1.807) is 6.07 Å². The van der Waals surface area contributed by atoms with Crippen molar-refractivity contribution in [2.75, 3.05) is 32.5 Å². The van der Waals surface area contributed by atoms with Crippen molar-refractivity contribution in [1.29, 1.82) is 0 Å². The summed E-state index contributed by atoms with van der Waals surface area (Å²) in [5.74, 6) is 0.808. The molecule has 1 aromatic rings. The van der Waals surface area contributed by atoms with Gasteiger partial charge in [0.05, 0.1) is 5.69 Å². The minimum atomic E-state index is 0.325. The number of thiocarbonyl (C=S) groups is 1. The average Bonchev–Trinajstić information content (AvgIpc) is 2.17. The second-order valence-electron chi connectivity index (χ2n) is 3.50. The van der Waals surface area contributed by atoms with Gasteiger partial charge in [-0.15, -0.1) is 0 Å². The number of nitrogens with two attached hydrogens (primary N) is 1. The molecule has 0 saturated heterocycles. The van der Waals surface area contributed by atoms with Crippen LogP contribution in [-0.2, 0) is 0 Å². The summed E-state index contributed by atoms with van der Waals surface area (Å²) in [5.41, 5.74) is 6.15. The van der Waals surface area contributed by atoms with Crippen molar-refractivity contribution in [2.24, 2.45) is 5.73 Å². The van der Waals surface area contributed by atoms with E-state index in [4.69, 9.17) is 18.0 Å². The zero-order chi connectivity index (χ0) is 11.3. The lowest BCUT2D eigenvalue weighted by Crippen LogP contribution is -2.21. The molecule has 0 spiro atoms. The predicted octanol–water partition coefficient (Wildman–Crippen LogP) is 0.689. The first-order chi connectivity index (χ1) is 7.09. The van der Waals surface area contributed by atoms with Gasteiger partial charge in [-0.2, -0.15) is 0 Å². The van der Waals surface area contributed by atoms with E-state index >= 15 is 0 Å². The van der Waals surface area contributed by atoms with Gasteiger partial charge in [0.25, 0.3) is 0 Å². The highest BCUT2D eigenvalue weighted by molar-refractivity contribution is 7.80. The molecular weight excluding hydrogens is 208 g/mol. The van der Waals surface area contributed by atoms with Gasteiger partial charge in [0.2, 0.25) is 0 Å². The SMILES string of the molecule is CN(C)CCNc1cccc(C(N)=S)n1. The van der Waals surface area contributed by atoms with Crippen LogP contribution in [0.4, 0.5) is 5.82 Å². The lowest BCUT2D eigenvalue weighted by molar-refractivity contribution is 0.425. The number of pyridine rings is 1. The standard InChI is InChI=1S/C10H16N4S/c1-14(2)7-6-12-9-5-3-4-8(13-9)10(11)15/h3-5H,6-7H2,1-2H3,(H2,11,15)(H,12,13). The fourth-order valence-corrected chi connectivity index (χ4v) is 1.19. The molecule has 0 aliphatic heterocycles. The van der Waals surface area contributed by atoms with Gasteiger partial charge in [-0.3, -0.25) is 0 Å². The van der Waals surface area contributed by atoms with Crippen molar-refractivity contribution in [1.82, 2.24) is 9.88 Å². The molecule has 1 heterocycles. The number of aromatic nitrogens is 1. The molecule has 0 atom stereocenters. The third-order valence-corrected chi connectivity index (χ3v) is 2.08. The Morgan fingerprint density at radius 1 is 1.53 bits per heavy atom. The summed E-state index contributed by atoms with van der Waals surface area (Å²) in [4.78, 5) is 6.70. The molecule has 0 radical (unpaired) electrons. The molecule has 0 amide bonds. The topological polar surface area (TPSA) is 54.2 Å². The third kappa shape index (κ3) is 4.22. The molecule has 0 aromatic carbocycles. The van der Waals surface area contributed by atoms with E-state index in [-0.39, 0.29) is 0 Å². The summed E-state index contributed by atoms with van der Waals surface area (Å²) >= 11 is 4.86. The Labute approximate surface area is 95.5 Å². The van der Waals surface area contributed by atoms with Gasteiger partial charge in [-0.1, -0.05) is 18.3 Å². The van der Waals surface area contributed by atoms with Crippen LogP contribution in [0.1, 0.15) is 5.69 Å². The highest BCUT2D eigenvalue weighted by Crippen LogP contribution is 2.04. The summed E-state index contributed by atoms with van der Waals surface area (Å²) < 4.78 is 0. The lowest BCUT2D eigenvalue weighted by atomic mass is 10.3. The maximum absolute atomic E-state index is 5.49. The number of likely N-dealkylation sites (N-methyl/N-ethyl adjacent to an activating group) is 1. The van der Waals surface area contributed by atoms with Crippen LogP contribution < -0.4 is 11.1 Å². The molecule has 0 aliphatic rings. The molecule has 0 saturated carbocycles. The normalized spacial score (nSPS) is 10.3. The van der Waals surface area contributed by atoms with Crippen molar-refractivity contribution in [3.8, 4) is 0 Å². The van der Waals surface area contributed by atoms with Crippen molar-refractivity contribution >= 4 is 23.0 Å². The summed E-state index contributed by atoms with van der Waals surface area (Å²) in [6, 6.07) is 5.59. The second-order valence-corrected chi connectivity index (χ2v) is 3.94.